The number of aromatic nitrogens is 1. The number of hydrogen-bond donors (Lipinski definition) is 1. The van der Waals surface area contributed by atoms with Gasteiger partial charge in [0.25, 0.3) is 5.56 Å². The van der Waals surface area contributed by atoms with Crippen LogP contribution in [0.5, 0.6) is 0 Å². The van der Waals surface area contributed by atoms with Crippen molar-refractivity contribution in [2.24, 2.45) is 0 Å². The minimum atomic E-state index is -0.372. The van der Waals surface area contributed by atoms with Gasteiger partial charge in [0.1, 0.15) is 5.82 Å². The van der Waals surface area contributed by atoms with Crippen molar-refractivity contribution in [3.05, 3.63) is 69.4 Å². The predicted molar refractivity (Wildman–Crippen MR) is 79.5 cm³/mol. The number of nitrogens with zero attached hydrogens (tertiary/aromatic N) is 1. The molecule has 2 aromatic rings. The fourth-order valence-electron chi connectivity index (χ4n) is 1.94. The minimum absolute atomic E-state index is 0.0327. The van der Waals surface area contributed by atoms with E-state index < -0.39 is 0 Å². The summed E-state index contributed by atoms with van der Waals surface area (Å²) < 4.78 is 14.9. The molecule has 108 valence electrons. The first-order valence-electron chi connectivity index (χ1n) is 6.65. The van der Waals surface area contributed by atoms with Crippen LogP contribution in [0.25, 0.3) is 0 Å². The molecule has 0 aliphatic carbocycles. The maximum absolute atomic E-state index is 13.3. The number of hydrogen-bond acceptors (Lipinski definition) is 2. The van der Waals surface area contributed by atoms with Crippen LogP contribution in [0.3, 0.4) is 0 Å². The summed E-state index contributed by atoms with van der Waals surface area (Å²) in [6.45, 7) is 2.16. The lowest BCUT2D eigenvalue weighted by Gasteiger charge is -2.08. The quantitative estimate of drug-likeness (QED) is 0.877. The van der Waals surface area contributed by atoms with Crippen molar-refractivity contribution in [2.45, 2.75) is 19.9 Å². The third kappa shape index (κ3) is 4.04. The molecule has 1 heterocycles. The van der Waals surface area contributed by atoms with Gasteiger partial charge in [0, 0.05) is 24.2 Å². The van der Waals surface area contributed by atoms with Gasteiger partial charge in [0.2, 0.25) is 0 Å². The molecule has 2 rings (SSSR count). The number of aliphatic hydroxyl groups excluding tert-OH is 1. The van der Waals surface area contributed by atoms with Crippen molar-refractivity contribution >= 4 is 0 Å². The number of benzene rings is 1. The highest BCUT2D eigenvalue weighted by Gasteiger charge is 2.04. The molecule has 0 unspecified atom stereocenters. The minimum Gasteiger partial charge on any atom is -0.395 e. The number of rotatable bonds is 3. The van der Waals surface area contributed by atoms with Crippen LogP contribution in [-0.2, 0) is 6.54 Å². The van der Waals surface area contributed by atoms with Gasteiger partial charge in [-0.15, -0.1) is 0 Å². The Bertz CT molecular complexity index is 753. The molecule has 0 aliphatic heterocycles. The Morgan fingerprint density at radius 1 is 1.29 bits per heavy atom. The maximum Gasteiger partial charge on any atom is 0.251 e. The highest BCUT2D eigenvalue weighted by molar-refractivity contribution is 5.42. The third-order valence-electron chi connectivity index (χ3n) is 3.02. The molecule has 0 spiro atoms. The van der Waals surface area contributed by atoms with Crippen molar-refractivity contribution in [1.82, 2.24) is 4.57 Å². The second-order valence-electron chi connectivity index (χ2n) is 4.75. The Morgan fingerprint density at radius 2 is 2.10 bits per heavy atom. The van der Waals surface area contributed by atoms with Gasteiger partial charge in [-0.1, -0.05) is 17.9 Å². The lowest BCUT2D eigenvalue weighted by molar-refractivity contribution is 0.305. The lowest BCUT2D eigenvalue weighted by atomic mass is 10.1. The highest BCUT2D eigenvalue weighted by Crippen LogP contribution is 2.11. The molecule has 1 N–H and O–H groups in total. The molecular weight excluding hydrogens is 269 g/mol. The van der Waals surface area contributed by atoms with Crippen molar-refractivity contribution in [3.63, 3.8) is 0 Å². The topological polar surface area (TPSA) is 42.2 Å². The average molecular weight is 285 g/mol. The summed E-state index contributed by atoms with van der Waals surface area (Å²) in [5.74, 6) is 5.24. The highest BCUT2D eigenvalue weighted by atomic mass is 19.1. The van der Waals surface area contributed by atoms with Crippen LogP contribution in [0.15, 0.2) is 41.3 Å². The summed E-state index contributed by atoms with van der Waals surface area (Å²) in [7, 11) is 0. The van der Waals surface area contributed by atoms with Crippen LogP contribution >= 0.6 is 0 Å². The number of halogens is 1. The normalized spacial score (nSPS) is 10.0. The predicted octanol–water partition coefficient (Wildman–Crippen LogP) is 2.08. The Morgan fingerprint density at radius 3 is 2.81 bits per heavy atom. The molecule has 4 heteroatoms. The maximum atomic E-state index is 13.3. The number of aryl methyl sites for hydroxylation is 1. The molecule has 21 heavy (non-hydrogen) atoms. The van der Waals surface area contributed by atoms with Gasteiger partial charge in [-0.2, -0.15) is 0 Å². The fourth-order valence-corrected chi connectivity index (χ4v) is 1.94. The Hall–Kier alpha value is -2.38. The SMILES string of the molecule is Cc1ccn(Cc2ccc(F)cc2C#CCCO)c(=O)c1. The van der Waals surface area contributed by atoms with Gasteiger partial charge in [-0.05, 0) is 36.2 Å². The summed E-state index contributed by atoms with van der Waals surface area (Å²) in [5.41, 5.74) is 2.11. The molecule has 0 fully saturated rings. The van der Waals surface area contributed by atoms with Crippen molar-refractivity contribution in [3.8, 4) is 11.8 Å². The second-order valence-corrected chi connectivity index (χ2v) is 4.75. The van der Waals surface area contributed by atoms with Crippen LogP contribution in [0.2, 0.25) is 0 Å². The average Bonchev–Trinajstić information content (AvgIpc) is 2.44. The van der Waals surface area contributed by atoms with Gasteiger partial charge < -0.3 is 9.67 Å². The van der Waals surface area contributed by atoms with Crippen LogP contribution in [0.1, 0.15) is 23.1 Å². The molecule has 0 amide bonds. The Balaban J connectivity index is 2.35. The molecule has 0 aliphatic rings. The third-order valence-corrected chi connectivity index (χ3v) is 3.02. The summed E-state index contributed by atoms with van der Waals surface area (Å²) in [6, 6.07) is 7.73. The van der Waals surface area contributed by atoms with Crippen molar-refractivity contribution < 1.29 is 9.50 Å². The molecule has 0 saturated heterocycles. The van der Waals surface area contributed by atoms with E-state index in [1.807, 2.05) is 13.0 Å². The molecule has 0 atom stereocenters. The van der Waals surface area contributed by atoms with Gasteiger partial charge in [-0.25, -0.2) is 4.39 Å². The number of pyridine rings is 1. The van der Waals surface area contributed by atoms with E-state index in [2.05, 4.69) is 11.8 Å². The monoisotopic (exact) mass is 285 g/mol. The molecule has 3 nitrogen and oxygen atoms in total. The van der Waals surface area contributed by atoms with E-state index in [-0.39, 0.29) is 18.0 Å². The zero-order valence-corrected chi connectivity index (χ0v) is 11.8. The molecule has 0 saturated carbocycles. The van der Waals surface area contributed by atoms with E-state index in [9.17, 15) is 9.18 Å². The summed E-state index contributed by atoms with van der Waals surface area (Å²) in [6.07, 6.45) is 2.05. The zero-order valence-electron chi connectivity index (χ0n) is 11.8. The van der Waals surface area contributed by atoms with Crippen LogP contribution in [-0.4, -0.2) is 16.3 Å². The van der Waals surface area contributed by atoms with E-state index in [1.165, 1.54) is 12.1 Å². The van der Waals surface area contributed by atoms with Crippen molar-refractivity contribution in [1.29, 1.82) is 0 Å². The van der Waals surface area contributed by atoms with Gasteiger partial charge in [0.05, 0.1) is 13.2 Å². The molecular formula is C17H16FNO2. The largest absolute Gasteiger partial charge is 0.395 e. The second kappa shape index (κ2) is 6.87. The zero-order chi connectivity index (χ0) is 15.2. The molecule has 1 aromatic heterocycles. The van der Waals surface area contributed by atoms with Crippen LogP contribution < -0.4 is 5.56 Å². The summed E-state index contributed by atoms with van der Waals surface area (Å²) in [4.78, 5) is 11.9. The summed E-state index contributed by atoms with van der Waals surface area (Å²) in [5, 5.41) is 8.74. The number of aliphatic hydroxyl groups is 1. The van der Waals surface area contributed by atoms with E-state index in [0.29, 0.717) is 18.5 Å². The lowest BCUT2D eigenvalue weighted by Crippen LogP contribution is -2.19. The Labute approximate surface area is 122 Å². The Kier molecular flexibility index (Phi) is 4.91. The first-order valence-corrected chi connectivity index (χ1v) is 6.65. The van der Waals surface area contributed by atoms with Gasteiger partial charge >= 0.3 is 0 Å². The smallest absolute Gasteiger partial charge is 0.251 e. The standard InChI is InChI=1S/C17H16FNO2/c1-13-7-8-19(17(21)10-13)12-15-5-6-16(18)11-14(15)4-2-3-9-20/h5-8,10-11,20H,3,9,12H2,1H3. The van der Waals surface area contributed by atoms with E-state index in [4.69, 9.17) is 5.11 Å². The van der Waals surface area contributed by atoms with E-state index in [1.54, 1.807) is 22.9 Å². The molecule has 0 radical (unpaired) electrons. The molecule has 1 aromatic carbocycles. The van der Waals surface area contributed by atoms with E-state index >= 15 is 0 Å². The van der Waals surface area contributed by atoms with E-state index in [0.717, 1.165) is 11.1 Å². The first-order chi connectivity index (χ1) is 10.1. The fraction of sp³-hybridized carbons (Fsp3) is 0.235. The van der Waals surface area contributed by atoms with Crippen LogP contribution in [0.4, 0.5) is 4.39 Å². The van der Waals surface area contributed by atoms with Crippen LogP contribution in [0, 0.1) is 24.6 Å². The van der Waals surface area contributed by atoms with Gasteiger partial charge in [-0.3, -0.25) is 4.79 Å². The van der Waals surface area contributed by atoms with Gasteiger partial charge in [0.15, 0.2) is 0 Å². The molecule has 0 bridgehead atoms. The first kappa shape index (κ1) is 15.0. The summed E-state index contributed by atoms with van der Waals surface area (Å²) >= 11 is 0. The van der Waals surface area contributed by atoms with Crippen molar-refractivity contribution in [2.75, 3.05) is 6.61 Å².